The highest BCUT2D eigenvalue weighted by Crippen LogP contribution is 2.12. The molecule has 2 aromatic rings. The molecular weight excluding hydrogens is 260 g/mol. The molecule has 21 heavy (non-hydrogen) atoms. The topological polar surface area (TPSA) is 40.2 Å². The standard InChI is InChI=1S/C17H24N4/c1-3-18-16-11-7-12-17(20-16)19-13-8-14-21(2)15-9-5-4-6-10-15/h4-7,9-12H,3,8,13-14H2,1-2H3,(H2,18,19,20). The number of hydrogen-bond donors (Lipinski definition) is 2. The molecule has 1 aromatic carbocycles. The fourth-order valence-corrected chi connectivity index (χ4v) is 2.16. The molecule has 0 saturated heterocycles. The van der Waals surface area contributed by atoms with Gasteiger partial charge in [0.25, 0.3) is 0 Å². The first-order valence-electron chi connectivity index (χ1n) is 7.50. The molecule has 0 aliphatic rings. The van der Waals surface area contributed by atoms with Crippen molar-refractivity contribution in [3.63, 3.8) is 0 Å². The molecule has 0 atom stereocenters. The molecule has 4 nitrogen and oxygen atoms in total. The van der Waals surface area contributed by atoms with Crippen LogP contribution in [0.2, 0.25) is 0 Å². The first-order chi connectivity index (χ1) is 10.3. The Morgan fingerprint density at radius 3 is 2.38 bits per heavy atom. The molecule has 0 aliphatic carbocycles. The molecule has 0 spiro atoms. The second-order valence-electron chi connectivity index (χ2n) is 4.98. The van der Waals surface area contributed by atoms with Crippen molar-refractivity contribution in [1.29, 1.82) is 0 Å². The molecule has 0 radical (unpaired) electrons. The first kappa shape index (κ1) is 15.2. The smallest absolute Gasteiger partial charge is 0.128 e. The van der Waals surface area contributed by atoms with Crippen LogP contribution in [0, 0.1) is 0 Å². The van der Waals surface area contributed by atoms with Crippen LogP contribution in [0.1, 0.15) is 13.3 Å². The summed E-state index contributed by atoms with van der Waals surface area (Å²) >= 11 is 0. The van der Waals surface area contributed by atoms with Crippen LogP contribution in [0.3, 0.4) is 0 Å². The van der Waals surface area contributed by atoms with Gasteiger partial charge in [-0.25, -0.2) is 4.98 Å². The minimum atomic E-state index is 0.887. The highest BCUT2D eigenvalue weighted by Gasteiger charge is 2.00. The quantitative estimate of drug-likeness (QED) is 0.728. The minimum Gasteiger partial charge on any atom is -0.375 e. The Bertz CT molecular complexity index is 527. The Morgan fingerprint density at radius 2 is 1.67 bits per heavy atom. The van der Waals surface area contributed by atoms with Crippen LogP contribution >= 0.6 is 0 Å². The molecule has 1 heterocycles. The fourth-order valence-electron chi connectivity index (χ4n) is 2.16. The van der Waals surface area contributed by atoms with E-state index in [1.54, 1.807) is 0 Å². The molecule has 0 bridgehead atoms. The zero-order valence-corrected chi connectivity index (χ0v) is 12.8. The van der Waals surface area contributed by atoms with Gasteiger partial charge in [-0.3, -0.25) is 0 Å². The van der Waals surface area contributed by atoms with Crippen LogP contribution in [-0.2, 0) is 0 Å². The summed E-state index contributed by atoms with van der Waals surface area (Å²) in [6.07, 6.45) is 1.07. The van der Waals surface area contributed by atoms with Crippen molar-refractivity contribution in [2.24, 2.45) is 0 Å². The lowest BCUT2D eigenvalue weighted by Gasteiger charge is -2.19. The number of anilines is 3. The van der Waals surface area contributed by atoms with Crippen LogP contribution in [0.4, 0.5) is 17.3 Å². The number of nitrogens with one attached hydrogen (secondary N) is 2. The van der Waals surface area contributed by atoms with E-state index in [0.717, 1.165) is 37.7 Å². The summed E-state index contributed by atoms with van der Waals surface area (Å²) < 4.78 is 0. The van der Waals surface area contributed by atoms with E-state index in [9.17, 15) is 0 Å². The lowest BCUT2D eigenvalue weighted by atomic mass is 10.3. The predicted molar refractivity (Wildman–Crippen MR) is 91.2 cm³/mol. The molecule has 0 unspecified atom stereocenters. The van der Waals surface area contributed by atoms with Crippen LogP contribution in [0.5, 0.6) is 0 Å². The summed E-state index contributed by atoms with van der Waals surface area (Å²) in [5.41, 5.74) is 1.25. The molecule has 1 aromatic heterocycles. The normalized spacial score (nSPS) is 10.2. The van der Waals surface area contributed by atoms with Crippen LogP contribution < -0.4 is 15.5 Å². The van der Waals surface area contributed by atoms with Crippen LogP contribution in [0.25, 0.3) is 0 Å². The van der Waals surface area contributed by atoms with Gasteiger partial charge in [0.2, 0.25) is 0 Å². The molecule has 4 heteroatoms. The van der Waals surface area contributed by atoms with E-state index < -0.39 is 0 Å². The van der Waals surface area contributed by atoms with Gasteiger partial charge >= 0.3 is 0 Å². The first-order valence-corrected chi connectivity index (χ1v) is 7.50. The maximum atomic E-state index is 4.50. The van der Waals surface area contributed by atoms with Gasteiger partial charge in [-0.1, -0.05) is 24.3 Å². The number of para-hydroxylation sites is 1. The van der Waals surface area contributed by atoms with Gasteiger partial charge in [-0.05, 0) is 37.6 Å². The number of pyridine rings is 1. The van der Waals surface area contributed by atoms with Gasteiger partial charge in [0.15, 0.2) is 0 Å². The largest absolute Gasteiger partial charge is 0.375 e. The van der Waals surface area contributed by atoms with E-state index in [4.69, 9.17) is 0 Å². The number of rotatable bonds is 8. The number of nitrogens with zero attached hydrogens (tertiary/aromatic N) is 2. The average molecular weight is 284 g/mol. The van der Waals surface area contributed by atoms with Crippen molar-refractivity contribution in [1.82, 2.24) is 4.98 Å². The van der Waals surface area contributed by atoms with Crippen molar-refractivity contribution < 1.29 is 0 Å². The zero-order valence-electron chi connectivity index (χ0n) is 12.8. The maximum Gasteiger partial charge on any atom is 0.128 e. The lowest BCUT2D eigenvalue weighted by molar-refractivity contribution is 0.814. The number of hydrogen-bond acceptors (Lipinski definition) is 4. The monoisotopic (exact) mass is 284 g/mol. The van der Waals surface area contributed by atoms with E-state index in [0.29, 0.717) is 0 Å². The zero-order chi connectivity index (χ0) is 14.9. The summed E-state index contributed by atoms with van der Waals surface area (Å²) in [6.45, 7) is 4.89. The lowest BCUT2D eigenvalue weighted by Crippen LogP contribution is -2.20. The van der Waals surface area contributed by atoms with E-state index in [1.165, 1.54) is 5.69 Å². The molecule has 0 saturated carbocycles. The molecule has 112 valence electrons. The van der Waals surface area contributed by atoms with Crippen molar-refractivity contribution in [2.45, 2.75) is 13.3 Å². The summed E-state index contributed by atoms with van der Waals surface area (Å²) in [4.78, 5) is 6.77. The SMILES string of the molecule is CCNc1cccc(NCCCN(C)c2ccccc2)n1. The molecule has 2 N–H and O–H groups in total. The molecule has 0 fully saturated rings. The minimum absolute atomic E-state index is 0.887. The van der Waals surface area contributed by atoms with E-state index in [1.807, 2.05) is 24.3 Å². The molecule has 2 rings (SSSR count). The third-order valence-electron chi connectivity index (χ3n) is 3.28. The Labute approximate surface area is 127 Å². The second kappa shape index (κ2) is 8.15. The summed E-state index contributed by atoms with van der Waals surface area (Å²) in [5, 5.41) is 6.59. The van der Waals surface area contributed by atoms with Crippen molar-refractivity contribution in [2.75, 3.05) is 42.2 Å². The van der Waals surface area contributed by atoms with Gasteiger partial charge in [-0.15, -0.1) is 0 Å². The third kappa shape index (κ3) is 4.99. The van der Waals surface area contributed by atoms with Gasteiger partial charge in [-0.2, -0.15) is 0 Å². The molecule has 0 aliphatic heterocycles. The Kier molecular flexibility index (Phi) is 5.88. The average Bonchev–Trinajstić information content (AvgIpc) is 2.53. The van der Waals surface area contributed by atoms with Crippen molar-refractivity contribution in [3.8, 4) is 0 Å². The van der Waals surface area contributed by atoms with Gasteiger partial charge in [0, 0.05) is 32.4 Å². The van der Waals surface area contributed by atoms with Crippen molar-refractivity contribution >= 4 is 17.3 Å². The summed E-state index contributed by atoms with van der Waals surface area (Å²) in [7, 11) is 2.12. The molecular formula is C17H24N4. The van der Waals surface area contributed by atoms with Gasteiger partial charge in [0.05, 0.1) is 0 Å². The van der Waals surface area contributed by atoms with Gasteiger partial charge < -0.3 is 15.5 Å². The fraction of sp³-hybridized carbons (Fsp3) is 0.353. The molecule has 0 amide bonds. The Hall–Kier alpha value is -2.23. The number of aromatic nitrogens is 1. The van der Waals surface area contributed by atoms with Crippen LogP contribution in [0.15, 0.2) is 48.5 Å². The van der Waals surface area contributed by atoms with Gasteiger partial charge in [0.1, 0.15) is 11.6 Å². The van der Waals surface area contributed by atoms with E-state index in [-0.39, 0.29) is 0 Å². The number of benzene rings is 1. The Morgan fingerprint density at radius 1 is 0.952 bits per heavy atom. The summed E-state index contributed by atoms with van der Waals surface area (Å²) in [6, 6.07) is 16.5. The maximum absolute atomic E-state index is 4.50. The Balaban J connectivity index is 1.73. The highest BCUT2D eigenvalue weighted by molar-refractivity contribution is 5.46. The highest BCUT2D eigenvalue weighted by atomic mass is 15.1. The van der Waals surface area contributed by atoms with Crippen LogP contribution in [-0.4, -0.2) is 31.7 Å². The second-order valence-corrected chi connectivity index (χ2v) is 4.98. The van der Waals surface area contributed by atoms with Crippen molar-refractivity contribution in [3.05, 3.63) is 48.5 Å². The predicted octanol–water partition coefficient (Wildman–Crippen LogP) is 3.45. The summed E-state index contributed by atoms with van der Waals surface area (Å²) in [5.74, 6) is 1.85. The van der Waals surface area contributed by atoms with E-state index >= 15 is 0 Å². The van der Waals surface area contributed by atoms with E-state index in [2.05, 4.69) is 58.8 Å². The third-order valence-corrected chi connectivity index (χ3v) is 3.28.